The first-order chi connectivity index (χ1) is 11.6. The largest absolute Gasteiger partial charge is 0.350 e. The van der Waals surface area contributed by atoms with Crippen LogP contribution in [-0.4, -0.2) is 36.3 Å². The lowest BCUT2D eigenvalue weighted by Crippen LogP contribution is -2.43. The van der Waals surface area contributed by atoms with E-state index in [0.717, 1.165) is 35.5 Å². The quantitative estimate of drug-likeness (QED) is 0.726. The third-order valence-electron chi connectivity index (χ3n) is 4.31. The average Bonchev–Trinajstić information content (AvgIpc) is 3.06. The van der Waals surface area contributed by atoms with Gasteiger partial charge in [-0.15, -0.1) is 0 Å². The summed E-state index contributed by atoms with van der Waals surface area (Å²) >= 11 is 0. The van der Waals surface area contributed by atoms with Gasteiger partial charge in [-0.25, -0.2) is 14.5 Å². The van der Waals surface area contributed by atoms with Crippen molar-refractivity contribution in [1.82, 2.24) is 29.6 Å². The molecule has 1 atom stereocenters. The number of aromatic nitrogens is 5. The number of para-hydroxylation sites is 2. The van der Waals surface area contributed by atoms with E-state index in [0.29, 0.717) is 6.54 Å². The van der Waals surface area contributed by atoms with E-state index in [9.17, 15) is 9.59 Å². The number of aryl methyl sites for hydroxylation is 2. The summed E-state index contributed by atoms with van der Waals surface area (Å²) in [5.74, 6) is 1.54. The second-order valence-electron chi connectivity index (χ2n) is 6.09. The molecular formula is C16H18N6O2. The van der Waals surface area contributed by atoms with Crippen LogP contribution >= 0.6 is 0 Å². The number of benzene rings is 1. The Balaban J connectivity index is 1.47. The van der Waals surface area contributed by atoms with Crippen LogP contribution < -0.4 is 11.0 Å². The van der Waals surface area contributed by atoms with Gasteiger partial charge in [-0.05, 0) is 25.5 Å². The van der Waals surface area contributed by atoms with E-state index < -0.39 is 0 Å². The van der Waals surface area contributed by atoms with E-state index in [1.165, 1.54) is 4.57 Å². The van der Waals surface area contributed by atoms with Crippen molar-refractivity contribution < 1.29 is 4.79 Å². The molecule has 124 valence electrons. The number of H-pyrrole nitrogens is 1. The summed E-state index contributed by atoms with van der Waals surface area (Å²) in [5.41, 5.74) is 1.19. The van der Waals surface area contributed by atoms with E-state index in [1.807, 2.05) is 35.9 Å². The number of hydrogen-bond donors (Lipinski definition) is 2. The summed E-state index contributed by atoms with van der Waals surface area (Å²) in [6, 6.07) is 7.35. The minimum atomic E-state index is -0.274. The van der Waals surface area contributed by atoms with Crippen molar-refractivity contribution in [2.75, 3.05) is 0 Å². The van der Waals surface area contributed by atoms with Crippen LogP contribution in [0.4, 0.5) is 0 Å². The Labute approximate surface area is 137 Å². The van der Waals surface area contributed by atoms with E-state index in [2.05, 4.69) is 20.4 Å². The fourth-order valence-corrected chi connectivity index (χ4v) is 3.23. The van der Waals surface area contributed by atoms with Crippen molar-refractivity contribution in [2.45, 2.75) is 38.9 Å². The smallest absolute Gasteiger partial charge is 0.326 e. The van der Waals surface area contributed by atoms with Crippen LogP contribution in [0.2, 0.25) is 0 Å². The predicted octanol–water partition coefficient (Wildman–Crippen LogP) is 0.361. The van der Waals surface area contributed by atoms with Crippen LogP contribution in [0.3, 0.4) is 0 Å². The number of carbonyl (C=O) groups is 1. The van der Waals surface area contributed by atoms with Crippen molar-refractivity contribution in [3.8, 4) is 0 Å². The van der Waals surface area contributed by atoms with Gasteiger partial charge in [0.15, 0.2) is 0 Å². The predicted molar refractivity (Wildman–Crippen MR) is 87.6 cm³/mol. The fourth-order valence-electron chi connectivity index (χ4n) is 3.23. The number of carbonyl (C=O) groups excluding carboxylic acids is 1. The zero-order chi connectivity index (χ0) is 16.7. The van der Waals surface area contributed by atoms with E-state index in [1.54, 1.807) is 0 Å². The van der Waals surface area contributed by atoms with Gasteiger partial charge < -0.3 is 10.3 Å². The van der Waals surface area contributed by atoms with Gasteiger partial charge in [0.25, 0.3) is 0 Å². The summed E-state index contributed by atoms with van der Waals surface area (Å²) in [5, 5.41) is 7.33. The molecule has 1 aliphatic rings. The van der Waals surface area contributed by atoms with Gasteiger partial charge in [-0.1, -0.05) is 12.1 Å². The molecule has 1 aromatic carbocycles. The SMILES string of the molecule is Cc1nc2n(n1)CC(NC(=O)Cn1c(=O)[nH]c3ccccc31)CC2. The molecule has 0 bridgehead atoms. The first-order valence-corrected chi connectivity index (χ1v) is 7.97. The van der Waals surface area contributed by atoms with Gasteiger partial charge in [0.2, 0.25) is 5.91 Å². The van der Waals surface area contributed by atoms with Crippen molar-refractivity contribution in [3.63, 3.8) is 0 Å². The topological polar surface area (TPSA) is 97.6 Å². The second kappa shape index (κ2) is 5.63. The molecule has 8 nitrogen and oxygen atoms in total. The Morgan fingerprint density at radius 2 is 2.25 bits per heavy atom. The Morgan fingerprint density at radius 1 is 1.42 bits per heavy atom. The highest BCUT2D eigenvalue weighted by Gasteiger charge is 2.22. The Bertz CT molecular complexity index is 967. The molecule has 0 aliphatic carbocycles. The molecule has 0 spiro atoms. The van der Waals surface area contributed by atoms with Gasteiger partial charge in [-0.3, -0.25) is 9.36 Å². The molecule has 0 radical (unpaired) electrons. The number of aromatic amines is 1. The number of nitrogens with zero attached hydrogens (tertiary/aromatic N) is 4. The monoisotopic (exact) mass is 326 g/mol. The molecule has 1 aliphatic heterocycles. The highest BCUT2D eigenvalue weighted by molar-refractivity contribution is 5.80. The minimum absolute atomic E-state index is 0.00257. The molecule has 8 heteroatoms. The summed E-state index contributed by atoms with van der Waals surface area (Å²) in [6.07, 6.45) is 1.62. The number of rotatable bonds is 3. The van der Waals surface area contributed by atoms with Crippen LogP contribution in [-0.2, 0) is 24.3 Å². The molecule has 4 rings (SSSR count). The zero-order valence-electron chi connectivity index (χ0n) is 13.3. The maximum absolute atomic E-state index is 12.4. The van der Waals surface area contributed by atoms with Crippen molar-refractivity contribution in [2.24, 2.45) is 0 Å². The highest BCUT2D eigenvalue weighted by atomic mass is 16.2. The van der Waals surface area contributed by atoms with Crippen LogP contribution in [0.1, 0.15) is 18.1 Å². The lowest BCUT2D eigenvalue weighted by molar-refractivity contribution is -0.122. The fraction of sp³-hybridized carbons (Fsp3) is 0.375. The molecule has 0 saturated heterocycles. The normalized spacial score (nSPS) is 17.0. The van der Waals surface area contributed by atoms with E-state index in [-0.39, 0.29) is 24.2 Å². The third kappa shape index (κ3) is 2.60. The number of hydrogen-bond acceptors (Lipinski definition) is 4. The van der Waals surface area contributed by atoms with Gasteiger partial charge in [0.05, 0.1) is 17.6 Å². The van der Waals surface area contributed by atoms with Crippen molar-refractivity contribution >= 4 is 16.9 Å². The van der Waals surface area contributed by atoms with E-state index >= 15 is 0 Å². The molecule has 1 amide bonds. The third-order valence-corrected chi connectivity index (χ3v) is 4.31. The lowest BCUT2D eigenvalue weighted by atomic mass is 10.1. The Morgan fingerprint density at radius 3 is 3.12 bits per heavy atom. The van der Waals surface area contributed by atoms with Crippen LogP contribution in [0.15, 0.2) is 29.1 Å². The van der Waals surface area contributed by atoms with E-state index in [4.69, 9.17) is 0 Å². The minimum Gasteiger partial charge on any atom is -0.350 e. The van der Waals surface area contributed by atoms with Crippen molar-refractivity contribution in [3.05, 3.63) is 46.4 Å². The maximum atomic E-state index is 12.4. The summed E-state index contributed by atoms with van der Waals surface area (Å²) in [6.45, 7) is 2.48. The number of fused-ring (bicyclic) bond motifs is 2. The van der Waals surface area contributed by atoms with Crippen molar-refractivity contribution in [1.29, 1.82) is 0 Å². The zero-order valence-corrected chi connectivity index (χ0v) is 13.3. The van der Waals surface area contributed by atoms with Gasteiger partial charge in [0.1, 0.15) is 18.2 Å². The summed E-state index contributed by atoms with van der Waals surface area (Å²) in [4.78, 5) is 31.5. The Hall–Kier alpha value is -2.90. The second-order valence-corrected chi connectivity index (χ2v) is 6.09. The molecule has 2 N–H and O–H groups in total. The standard InChI is InChI=1S/C16H18N6O2/c1-10-17-14-7-6-11(8-22(14)20-10)18-15(23)9-21-13-5-3-2-4-12(13)19-16(21)24/h2-5,11H,6-9H2,1H3,(H,18,23)(H,19,24). The van der Waals surface area contributed by atoms with Gasteiger partial charge in [0, 0.05) is 12.5 Å². The molecule has 0 saturated carbocycles. The number of imidazole rings is 1. The summed E-state index contributed by atoms with van der Waals surface area (Å²) < 4.78 is 3.31. The van der Waals surface area contributed by atoms with Gasteiger partial charge >= 0.3 is 5.69 Å². The van der Waals surface area contributed by atoms with Crippen LogP contribution in [0.5, 0.6) is 0 Å². The average molecular weight is 326 g/mol. The molecule has 3 aromatic rings. The first kappa shape index (κ1) is 14.7. The van der Waals surface area contributed by atoms with Crippen LogP contribution in [0, 0.1) is 6.92 Å². The van der Waals surface area contributed by atoms with Gasteiger partial charge in [-0.2, -0.15) is 5.10 Å². The number of nitrogens with one attached hydrogen (secondary N) is 2. The maximum Gasteiger partial charge on any atom is 0.326 e. The molecular weight excluding hydrogens is 308 g/mol. The lowest BCUT2D eigenvalue weighted by Gasteiger charge is -2.23. The first-order valence-electron chi connectivity index (χ1n) is 7.97. The number of amides is 1. The Kier molecular flexibility index (Phi) is 3.44. The molecule has 2 aromatic heterocycles. The molecule has 3 heterocycles. The molecule has 24 heavy (non-hydrogen) atoms. The molecule has 1 unspecified atom stereocenters. The summed E-state index contributed by atoms with van der Waals surface area (Å²) in [7, 11) is 0. The van der Waals surface area contributed by atoms with Crippen LogP contribution in [0.25, 0.3) is 11.0 Å². The molecule has 0 fully saturated rings. The highest BCUT2D eigenvalue weighted by Crippen LogP contribution is 2.13.